The molecule has 3 atom stereocenters. The molecule has 0 saturated heterocycles. The van der Waals surface area contributed by atoms with Crippen LogP contribution in [0.5, 0.6) is 0 Å². The van der Waals surface area contributed by atoms with Crippen LogP contribution in [0, 0.1) is 5.92 Å². The minimum atomic E-state index is -1.19. The van der Waals surface area contributed by atoms with Crippen LogP contribution in [0.3, 0.4) is 0 Å². The first kappa shape index (κ1) is 20.0. The van der Waals surface area contributed by atoms with Gasteiger partial charge in [-0.2, -0.15) is 0 Å². The second-order valence-electron chi connectivity index (χ2n) is 7.49. The average Bonchev–Trinajstić information content (AvgIpc) is 3.20. The van der Waals surface area contributed by atoms with Gasteiger partial charge in [-0.15, -0.1) is 0 Å². The van der Waals surface area contributed by atoms with Crippen LogP contribution in [-0.4, -0.2) is 37.7 Å². The summed E-state index contributed by atoms with van der Waals surface area (Å²) in [4.78, 5) is 18.1. The Bertz CT molecular complexity index is 981. The van der Waals surface area contributed by atoms with E-state index in [1.807, 2.05) is 72.8 Å². The van der Waals surface area contributed by atoms with E-state index in [0.29, 0.717) is 18.7 Å². The van der Waals surface area contributed by atoms with Gasteiger partial charge in [0.25, 0.3) is 0 Å². The molecule has 154 valence electrons. The molecule has 0 amide bonds. The standard InChI is InChI=1S/C25H25NO4/c1-28-21-15-9-14-20(16-21)22-25(24(27)29-2,17-18-10-5-3-6-11-18)26-23(30-22)19-12-7-4-8-13-19/h3-15,20,22H,16-17H2,1-2H3/t20?,22-,25-/m0/s1. The Kier molecular flexibility index (Phi) is 5.70. The van der Waals surface area contributed by atoms with Crippen molar-refractivity contribution in [2.75, 3.05) is 14.2 Å². The average molecular weight is 403 g/mol. The first-order valence-electron chi connectivity index (χ1n) is 10.0. The van der Waals surface area contributed by atoms with Gasteiger partial charge in [0.15, 0.2) is 0 Å². The number of allylic oxidation sites excluding steroid dienone is 3. The minimum absolute atomic E-state index is 0.0854. The summed E-state index contributed by atoms with van der Waals surface area (Å²) in [5.41, 5.74) is 0.646. The number of carbonyl (C=O) groups is 1. The number of esters is 1. The van der Waals surface area contributed by atoms with Crippen molar-refractivity contribution in [1.29, 1.82) is 0 Å². The van der Waals surface area contributed by atoms with E-state index in [0.717, 1.165) is 16.9 Å². The van der Waals surface area contributed by atoms with Crippen LogP contribution >= 0.6 is 0 Å². The zero-order valence-corrected chi connectivity index (χ0v) is 17.2. The van der Waals surface area contributed by atoms with Gasteiger partial charge in [-0.3, -0.25) is 0 Å². The van der Waals surface area contributed by atoms with Crippen LogP contribution in [0.1, 0.15) is 17.5 Å². The van der Waals surface area contributed by atoms with Crippen molar-refractivity contribution >= 4 is 11.9 Å². The van der Waals surface area contributed by atoms with Gasteiger partial charge in [-0.25, -0.2) is 9.79 Å². The molecule has 0 fully saturated rings. The molecule has 0 N–H and O–H groups in total. The molecule has 30 heavy (non-hydrogen) atoms. The molecular weight excluding hydrogens is 378 g/mol. The molecule has 2 aromatic carbocycles. The molecule has 0 spiro atoms. The molecule has 0 saturated carbocycles. The number of methoxy groups -OCH3 is 2. The lowest BCUT2D eigenvalue weighted by Gasteiger charge is -2.34. The van der Waals surface area contributed by atoms with Crippen molar-refractivity contribution in [2.24, 2.45) is 10.9 Å². The Hall–Kier alpha value is -3.34. The maximum atomic E-state index is 13.2. The van der Waals surface area contributed by atoms with Crippen molar-refractivity contribution in [1.82, 2.24) is 0 Å². The van der Waals surface area contributed by atoms with Crippen molar-refractivity contribution in [3.63, 3.8) is 0 Å². The van der Waals surface area contributed by atoms with Crippen LogP contribution in [-0.2, 0) is 25.4 Å². The highest BCUT2D eigenvalue weighted by Gasteiger charge is 2.56. The van der Waals surface area contributed by atoms with Gasteiger partial charge in [0, 0.05) is 24.3 Å². The van der Waals surface area contributed by atoms with Gasteiger partial charge in [0.05, 0.1) is 20.0 Å². The molecule has 2 aromatic rings. The smallest absolute Gasteiger partial charge is 0.338 e. The first-order valence-corrected chi connectivity index (χ1v) is 10.0. The monoisotopic (exact) mass is 403 g/mol. The van der Waals surface area contributed by atoms with Crippen molar-refractivity contribution < 1.29 is 19.0 Å². The predicted molar refractivity (Wildman–Crippen MR) is 115 cm³/mol. The molecule has 4 rings (SSSR count). The number of carbonyl (C=O) groups excluding carboxylic acids is 1. The van der Waals surface area contributed by atoms with Crippen LogP contribution in [0.15, 0.2) is 89.6 Å². The van der Waals surface area contributed by atoms with Gasteiger partial charge in [-0.1, -0.05) is 60.7 Å². The van der Waals surface area contributed by atoms with E-state index in [4.69, 9.17) is 19.2 Å². The fraction of sp³-hybridized carbons (Fsp3) is 0.280. The molecule has 1 aliphatic heterocycles. The van der Waals surface area contributed by atoms with Crippen LogP contribution < -0.4 is 0 Å². The van der Waals surface area contributed by atoms with E-state index < -0.39 is 17.6 Å². The molecule has 2 aliphatic rings. The Morgan fingerprint density at radius 2 is 1.80 bits per heavy atom. The number of ether oxygens (including phenoxy) is 3. The summed E-state index contributed by atoms with van der Waals surface area (Å²) in [6, 6.07) is 19.5. The molecule has 1 unspecified atom stereocenters. The highest BCUT2D eigenvalue weighted by atomic mass is 16.5. The largest absolute Gasteiger partial charge is 0.501 e. The number of nitrogens with zero attached hydrogens (tertiary/aromatic N) is 1. The predicted octanol–water partition coefficient (Wildman–Crippen LogP) is 4.09. The highest BCUT2D eigenvalue weighted by molar-refractivity contribution is 5.99. The molecule has 0 radical (unpaired) electrons. The molecule has 1 aliphatic carbocycles. The normalized spacial score (nSPS) is 25.1. The van der Waals surface area contributed by atoms with Gasteiger partial charge in [-0.05, 0) is 23.8 Å². The number of rotatable bonds is 6. The third kappa shape index (κ3) is 3.75. The maximum absolute atomic E-state index is 13.2. The lowest BCUT2D eigenvalue weighted by Crippen LogP contribution is -2.51. The van der Waals surface area contributed by atoms with Gasteiger partial charge >= 0.3 is 5.97 Å². The molecule has 1 heterocycles. The van der Waals surface area contributed by atoms with Crippen LogP contribution in [0.25, 0.3) is 0 Å². The minimum Gasteiger partial charge on any atom is -0.501 e. The quantitative estimate of drug-likeness (QED) is 0.682. The maximum Gasteiger partial charge on any atom is 0.338 e. The molecule has 0 aromatic heterocycles. The highest BCUT2D eigenvalue weighted by Crippen LogP contribution is 2.40. The van der Waals surface area contributed by atoms with Crippen LogP contribution in [0.2, 0.25) is 0 Å². The van der Waals surface area contributed by atoms with Gasteiger partial charge in [0.1, 0.15) is 6.10 Å². The SMILES string of the molecule is COC(=O)[C@@]1(Cc2ccccc2)N=C(c2ccccc2)O[C@H]1C1C=CC=C(OC)C1. The zero-order chi connectivity index (χ0) is 21.0. The lowest BCUT2D eigenvalue weighted by atomic mass is 9.77. The molecule has 5 nitrogen and oxygen atoms in total. The summed E-state index contributed by atoms with van der Waals surface area (Å²) in [7, 11) is 3.06. The fourth-order valence-electron chi connectivity index (χ4n) is 4.13. The number of aliphatic imine (C=N–C) groups is 1. The second kappa shape index (κ2) is 8.57. The first-order chi connectivity index (χ1) is 14.7. The Balaban J connectivity index is 1.79. The van der Waals surface area contributed by atoms with E-state index in [9.17, 15) is 4.79 Å². The Morgan fingerprint density at radius 3 is 2.47 bits per heavy atom. The Labute approximate surface area is 176 Å². The molecule has 0 bridgehead atoms. The summed E-state index contributed by atoms with van der Waals surface area (Å²) in [5, 5.41) is 0. The summed E-state index contributed by atoms with van der Waals surface area (Å²) < 4.78 is 17.1. The second-order valence-corrected chi connectivity index (χ2v) is 7.49. The fourth-order valence-corrected chi connectivity index (χ4v) is 4.13. The molecule has 5 heteroatoms. The Morgan fingerprint density at radius 1 is 1.10 bits per heavy atom. The summed E-state index contributed by atoms with van der Waals surface area (Å²) >= 11 is 0. The summed E-state index contributed by atoms with van der Waals surface area (Å²) in [5.74, 6) is 0.823. The van der Waals surface area contributed by atoms with E-state index in [1.165, 1.54) is 7.11 Å². The third-order valence-electron chi connectivity index (χ3n) is 5.61. The summed E-state index contributed by atoms with van der Waals surface area (Å²) in [6.45, 7) is 0. The van der Waals surface area contributed by atoms with Gasteiger partial charge < -0.3 is 14.2 Å². The number of hydrogen-bond acceptors (Lipinski definition) is 5. The molecular formula is C25H25NO4. The summed E-state index contributed by atoms with van der Waals surface area (Å²) in [6.07, 6.45) is 6.43. The topological polar surface area (TPSA) is 57.1 Å². The number of benzene rings is 2. The number of hydrogen-bond donors (Lipinski definition) is 0. The van der Waals surface area contributed by atoms with E-state index in [-0.39, 0.29) is 5.92 Å². The van der Waals surface area contributed by atoms with E-state index in [2.05, 4.69) is 6.08 Å². The van der Waals surface area contributed by atoms with E-state index in [1.54, 1.807) is 7.11 Å². The van der Waals surface area contributed by atoms with Crippen molar-refractivity contribution in [3.05, 3.63) is 95.8 Å². The zero-order valence-electron chi connectivity index (χ0n) is 17.2. The van der Waals surface area contributed by atoms with Crippen molar-refractivity contribution in [3.8, 4) is 0 Å². The van der Waals surface area contributed by atoms with Gasteiger partial charge in [0.2, 0.25) is 11.4 Å². The lowest BCUT2D eigenvalue weighted by molar-refractivity contribution is -0.150. The third-order valence-corrected chi connectivity index (χ3v) is 5.61. The van der Waals surface area contributed by atoms with Crippen LogP contribution in [0.4, 0.5) is 0 Å². The van der Waals surface area contributed by atoms with Crippen molar-refractivity contribution in [2.45, 2.75) is 24.5 Å². The van der Waals surface area contributed by atoms with E-state index >= 15 is 0 Å².